The zero-order valence-corrected chi connectivity index (χ0v) is 10.7. The summed E-state index contributed by atoms with van der Waals surface area (Å²) in [6.07, 6.45) is 1.80. The fraction of sp³-hybridized carbons (Fsp3) is 0.273. The highest BCUT2D eigenvalue weighted by Crippen LogP contribution is 2.26. The molecule has 0 bridgehead atoms. The third-order valence-electron chi connectivity index (χ3n) is 2.08. The third-order valence-corrected chi connectivity index (χ3v) is 2.92. The summed E-state index contributed by atoms with van der Waals surface area (Å²) in [7, 11) is 0. The maximum Gasteiger partial charge on any atom is 0.0462 e. The van der Waals surface area contributed by atoms with Gasteiger partial charge >= 0.3 is 0 Å². The average molecular weight is 290 g/mol. The van der Waals surface area contributed by atoms with Crippen LogP contribution < -0.4 is 11.1 Å². The average Bonchev–Trinajstić information content (AvgIpc) is 2.24. The summed E-state index contributed by atoms with van der Waals surface area (Å²) in [4.78, 5) is 0. The number of rotatable bonds is 5. The molecular formula is C11H14BrClN2. The maximum atomic E-state index is 6.11. The third kappa shape index (κ3) is 3.61. The van der Waals surface area contributed by atoms with Crippen LogP contribution in [0.15, 0.2) is 35.3 Å². The van der Waals surface area contributed by atoms with Gasteiger partial charge in [0, 0.05) is 28.6 Å². The monoisotopic (exact) mass is 288 g/mol. The van der Waals surface area contributed by atoms with E-state index in [0.717, 1.165) is 15.1 Å². The Balaban J connectivity index is 2.89. The van der Waals surface area contributed by atoms with Crippen LogP contribution in [0.3, 0.4) is 0 Å². The molecule has 0 aromatic heterocycles. The van der Waals surface area contributed by atoms with Gasteiger partial charge in [-0.2, -0.15) is 0 Å². The molecule has 0 saturated heterocycles. The second-order valence-electron chi connectivity index (χ2n) is 3.15. The summed E-state index contributed by atoms with van der Waals surface area (Å²) >= 11 is 9.52. The van der Waals surface area contributed by atoms with Crippen LogP contribution in [0.25, 0.3) is 0 Å². The lowest BCUT2D eigenvalue weighted by atomic mass is 10.1. The van der Waals surface area contributed by atoms with Crippen molar-refractivity contribution < 1.29 is 0 Å². The maximum absolute atomic E-state index is 6.11. The van der Waals surface area contributed by atoms with Crippen molar-refractivity contribution >= 4 is 27.5 Å². The Hall–Kier alpha value is -0.350. The first-order valence-electron chi connectivity index (χ1n) is 4.68. The Morgan fingerprint density at radius 2 is 2.33 bits per heavy atom. The van der Waals surface area contributed by atoms with Gasteiger partial charge in [-0.1, -0.05) is 33.6 Å². The van der Waals surface area contributed by atoms with Crippen LogP contribution in [-0.2, 0) is 0 Å². The van der Waals surface area contributed by atoms with Crippen LogP contribution in [0, 0.1) is 0 Å². The first-order chi connectivity index (χ1) is 7.19. The van der Waals surface area contributed by atoms with Gasteiger partial charge in [0.25, 0.3) is 0 Å². The summed E-state index contributed by atoms with van der Waals surface area (Å²) in [6.45, 7) is 4.87. The van der Waals surface area contributed by atoms with Gasteiger partial charge in [-0.3, -0.25) is 0 Å². The van der Waals surface area contributed by atoms with E-state index in [1.807, 2.05) is 18.2 Å². The number of hydrogen-bond acceptors (Lipinski definition) is 2. The Morgan fingerprint density at radius 1 is 1.60 bits per heavy atom. The molecule has 1 atom stereocenters. The smallest absolute Gasteiger partial charge is 0.0462 e. The van der Waals surface area contributed by atoms with Crippen molar-refractivity contribution in [1.82, 2.24) is 5.32 Å². The van der Waals surface area contributed by atoms with Gasteiger partial charge in [0.15, 0.2) is 0 Å². The standard InChI is InChI=1S/C11H14BrClN2/c1-2-5-15-11(7-14)9-6-8(12)3-4-10(9)13/h2-4,6,11,15H,1,5,7,14H2. The van der Waals surface area contributed by atoms with E-state index in [4.69, 9.17) is 17.3 Å². The number of hydrogen-bond donors (Lipinski definition) is 2. The number of benzene rings is 1. The molecule has 0 amide bonds. The number of halogens is 2. The molecule has 3 N–H and O–H groups in total. The van der Waals surface area contributed by atoms with E-state index < -0.39 is 0 Å². The van der Waals surface area contributed by atoms with Crippen molar-refractivity contribution in [3.63, 3.8) is 0 Å². The largest absolute Gasteiger partial charge is 0.329 e. The molecule has 0 fully saturated rings. The van der Waals surface area contributed by atoms with Crippen molar-refractivity contribution in [1.29, 1.82) is 0 Å². The molecule has 1 unspecified atom stereocenters. The van der Waals surface area contributed by atoms with Crippen molar-refractivity contribution in [3.8, 4) is 0 Å². The van der Waals surface area contributed by atoms with E-state index in [0.29, 0.717) is 13.1 Å². The van der Waals surface area contributed by atoms with Gasteiger partial charge in [0.05, 0.1) is 0 Å². The van der Waals surface area contributed by atoms with Crippen molar-refractivity contribution in [3.05, 3.63) is 45.9 Å². The Morgan fingerprint density at radius 3 is 2.93 bits per heavy atom. The Bertz CT molecular complexity index is 341. The Labute approximate surface area is 104 Å². The molecule has 1 aromatic rings. The van der Waals surface area contributed by atoms with E-state index in [9.17, 15) is 0 Å². The predicted molar refractivity (Wildman–Crippen MR) is 69.1 cm³/mol. The van der Waals surface area contributed by atoms with Gasteiger partial charge in [0.1, 0.15) is 0 Å². The molecular weight excluding hydrogens is 275 g/mol. The fourth-order valence-corrected chi connectivity index (χ4v) is 1.96. The topological polar surface area (TPSA) is 38.0 Å². The van der Waals surface area contributed by atoms with Gasteiger partial charge in [-0.05, 0) is 23.8 Å². The zero-order valence-electron chi connectivity index (χ0n) is 8.34. The summed E-state index contributed by atoms with van der Waals surface area (Å²) in [5.74, 6) is 0. The highest BCUT2D eigenvalue weighted by Gasteiger charge is 2.12. The van der Waals surface area contributed by atoms with E-state index in [1.54, 1.807) is 6.08 Å². The van der Waals surface area contributed by atoms with Crippen molar-refractivity contribution in [2.24, 2.45) is 5.73 Å². The van der Waals surface area contributed by atoms with Gasteiger partial charge in [-0.15, -0.1) is 6.58 Å². The molecule has 0 aliphatic heterocycles. The molecule has 0 spiro atoms. The van der Waals surface area contributed by atoms with Crippen LogP contribution in [0.4, 0.5) is 0 Å². The first kappa shape index (κ1) is 12.7. The van der Waals surface area contributed by atoms with E-state index in [2.05, 4.69) is 27.8 Å². The van der Waals surface area contributed by atoms with Crippen LogP contribution in [0.1, 0.15) is 11.6 Å². The molecule has 0 heterocycles. The van der Waals surface area contributed by atoms with Gasteiger partial charge < -0.3 is 11.1 Å². The summed E-state index contributed by atoms with van der Waals surface area (Å²) in [5, 5.41) is 3.98. The van der Waals surface area contributed by atoms with E-state index in [-0.39, 0.29) is 6.04 Å². The SMILES string of the molecule is C=CCNC(CN)c1cc(Br)ccc1Cl. The van der Waals surface area contributed by atoms with Crippen LogP contribution in [-0.4, -0.2) is 13.1 Å². The molecule has 0 aliphatic rings. The first-order valence-corrected chi connectivity index (χ1v) is 5.85. The molecule has 15 heavy (non-hydrogen) atoms. The minimum absolute atomic E-state index is 0.0630. The molecule has 1 aromatic carbocycles. The van der Waals surface area contributed by atoms with E-state index >= 15 is 0 Å². The van der Waals surface area contributed by atoms with Crippen molar-refractivity contribution in [2.45, 2.75) is 6.04 Å². The highest BCUT2D eigenvalue weighted by atomic mass is 79.9. The quantitative estimate of drug-likeness (QED) is 0.818. The molecule has 0 saturated carbocycles. The Kier molecular flexibility index (Phi) is 5.32. The van der Waals surface area contributed by atoms with Crippen molar-refractivity contribution in [2.75, 3.05) is 13.1 Å². The number of nitrogens with two attached hydrogens (primary N) is 1. The lowest BCUT2D eigenvalue weighted by Gasteiger charge is -2.17. The summed E-state index contributed by atoms with van der Waals surface area (Å²) < 4.78 is 1.00. The lowest BCUT2D eigenvalue weighted by Crippen LogP contribution is -2.28. The zero-order chi connectivity index (χ0) is 11.3. The van der Waals surface area contributed by atoms with Crippen LogP contribution in [0.5, 0.6) is 0 Å². The van der Waals surface area contributed by atoms with Crippen LogP contribution in [0.2, 0.25) is 5.02 Å². The molecule has 1 rings (SSSR count). The summed E-state index contributed by atoms with van der Waals surface area (Å²) in [5.41, 5.74) is 6.70. The fourth-order valence-electron chi connectivity index (χ4n) is 1.33. The second-order valence-corrected chi connectivity index (χ2v) is 4.47. The molecule has 0 radical (unpaired) electrons. The molecule has 82 valence electrons. The van der Waals surface area contributed by atoms with E-state index in [1.165, 1.54) is 0 Å². The molecule has 2 nitrogen and oxygen atoms in total. The predicted octanol–water partition coefficient (Wildman–Crippen LogP) is 2.88. The number of nitrogens with one attached hydrogen (secondary N) is 1. The van der Waals surface area contributed by atoms with Crippen LogP contribution >= 0.6 is 27.5 Å². The summed E-state index contributed by atoms with van der Waals surface area (Å²) in [6, 6.07) is 5.82. The molecule has 0 aliphatic carbocycles. The second kappa shape index (κ2) is 6.28. The minimum atomic E-state index is 0.0630. The molecule has 4 heteroatoms. The minimum Gasteiger partial charge on any atom is -0.329 e. The lowest BCUT2D eigenvalue weighted by molar-refractivity contribution is 0.577. The van der Waals surface area contributed by atoms with Gasteiger partial charge in [0.2, 0.25) is 0 Å². The highest BCUT2D eigenvalue weighted by molar-refractivity contribution is 9.10. The normalized spacial score (nSPS) is 12.5. The van der Waals surface area contributed by atoms with Gasteiger partial charge in [-0.25, -0.2) is 0 Å².